The number of hydrogen-bond acceptors (Lipinski definition) is 6. The van der Waals surface area contributed by atoms with Crippen LogP contribution < -0.4 is 11.5 Å². The van der Waals surface area contributed by atoms with Gasteiger partial charge in [-0.15, -0.1) is 0 Å². The van der Waals surface area contributed by atoms with E-state index in [1.165, 1.54) is 0 Å². The third-order valence-electron chi connectivity index (χ3n) is 5.10. The molecule has 1 aliphatic heterocycles. The minimum atomic E-state index is -0.507. The summed E-state index contributed by atoms with van der Waals surface area (Å²) in [6, 6.07) is 13.2. The van der Waals surface area contributed by atoms with Crippen LogP contribution in [-0.2, 0) is 16.0 Å². The maximum absolute atomic E-state index is 12.3. The Bertz CT molecular complexity index is 1010. The number of amides is 1. The van der Waals surface area contributed by atoms with Crippen LogP contribution in [-0.4, -0.2) is 39.9 Å². The number of nitrogens with zero attached hydrogens (tertiary/aromatic N) is 3. The molecule has 1 saturated heterocycles. The van der Waals surface area contributed by atoms with Gasteiger partial charge in [0.2, 0.25) is 5.95 Å². The molecule has 1 unspecified atom stereocenters. The first-order chi connectivity index (χ1) is 14.6. The van der Waals surface area contributed by atoms with E-state index in [1.807, 2.05) is 34.9 Å². The van der Waals surface area contributed by atoms with Crippen LogP contribution in [0.2, 0.25) is 0 Å². The Morgan fingerprint density at radius 3 is 2.77 bits per heavy atom. The molecule has 1 aliphatic rings. The SMILES string of the molecule is NC(=O)c1cc(-c2ccnc(N)n2)n(CCOC2CCCCO2)c1-c1ccccc1. The molecule has 2 aromatic heterocycles. The standard InChI is InChI=1S/C22H25N5O3/c23-21(28)16-14-18(17-9-10-25-22(24)26-17)27(20(16)15-6-2-1-3-7-15)11-13-30-19-8-4-5-12-29-19/h1-3,6-7,9-10,14,19H,4-5,8,11-13H2,(H2,23,28)(H2,24,25,26). The molecule has 1 amide bonds. The van der Waals surface area contributed by atoms with Gasteiger partial charge < -0.3 is 25.5 Å². The highest BCUT2D eigenvalue weighted by Gasteiger charge is 2.22. The zero-order valence-electron chi connectivity index (χ0n) is 16.7. The number of ether oxygens (including phenoxy) is 2. The number of benzene rings is 1. The molecule has 8 heteroatoms. The molecule has 0 radical (unpaired) electrons. The Balaban J connectivity index is 1.74. The summed E-state index contributed by atoms with van der Waals surface area (Å²) in [6.45, 7) is 1.64. The Morgan fingerprint density at radius 1 is 1.23 bits per heavy atom. The van der Waals surface area contributed by atoms with Gasteiger partial charge in [0.05, 0.1) is 29.3 Å². The highest BCUT2D eigenvalue weighted by Crippen LogP contribution is 2.32. The Hall–Kier alpha value is -3.23. The van der Waals surface area contributed by atoms with Crippen molar-refractivity contribution in [2.75, 3.05) is 18.9 Å². The topological polar surface area (TPSA) is 118 Å². The molecule has 0 aliphatic carbocycles. The first-order valence-electron chi connectivity index (χ1n) is 10.0. The smallest absolute Gasteiger partial charge is 0.250 e. The monoisotopic (exact) mass is 407 g/mol. The van der Waals surface area contributed by atoms with Gasteiger partial charge in [0, 0.05) is 19.3 Å². The fourth-order valence-corrected chi connectivity index (χ4v) is 3.72. The lowest BCUT2D eigenvalue weighted by molar-refractivity contribution is -0.163. The second kappa shape index (κ2) is 9.06. The van der Waals surface area contributed by atoms with Crippen molar-refractivity contribution in [3.05, 3.63) is 54.2 Å². The zero-order valence-corrected chi connectivity index (χ0v) is 16.7. The van der Waals surface area contributed by atoms with E-state index in [0.29, 0.717) is 24.4 Å². The average molecular weight is 407 g/mol. The number of hydrogen-bond donors (Lipinski definition) is 2. The van der Waals surface area contributed by atoms with Gasteiger partial charge in [-0.1, -0.05) is 30.3 Å². The molecule has 156 valence electrons. The second-order valence-corrected chi connectivity index (χ2v) is 7.14. The average Bonchev–Trinajstić information content (AvgIpc) is 3.15. The molecule has 3 aromatic rings. The second-order valence-electron chi connectivity index (χ2n) is 7.14. The van der Waals surface area contributed by atoms with E-state index < -0.39 is 5.91 Å². The lowest BCUT2D eigenvalue weighted by atomic mass is 10.1. The van der Waals surface area contributed by atoms with Gasteiger partial charge in [0.25, 0.3) is 5.91 Å². The number of aromatic nitrogens is 3. The fraction of sp³-hybridized carbons (Fsp3) is 0.318. The predicted octanol–water partition coefficient (Wildman–Crippen LogP) is 2.84. The molecule has 4 rings (SSSR count). The number of carbonyl (C=O) groups is 1. The maximum atomic E-state index is 12.3. The summed E-state index contributed by atoms with van der Waals surface area (Å²) in [4.78, 5) is 20.6. The van der Waals surface area contributed by atoms with E-state index in [4.69, 9.17) is 20.9 Å². The minimum Gasteiger partial charge on any atom is -0.368 e. The largest absolute Gasteiger partial charge is 0.368 e. The predicted molar refractivity (Wildman–Crippen MR) is 113 cm³/mol. The zero-order chi connectivity index (χ0) is 20.9. The Kier molecular flexibility index (Phi) is 6.06. The molecule has 0 spiro atoms. The van der Waals surface area contributed by atoms with Crippen LogP contribution in [0.25, 0.3) is 22.6 Å². The van der Waals surface area contributed by atoms with E-state index in [0.717, 1.165) is 42.8 Å². The van der Waals surface area contributed by atoms with Crippen LogP contribution in [0.1, 0.15) is 29.6 Å². The third kappa shape index (κ3) is 4.34. The maximum Gasteiger partial charge on any atom is 0.250 e. The quantitative estimate of drug-likeness (QED) is 0.622. The van der Waals surface area contributed by atoms with Gasteiger partial charge in [-0.3, -0.25) is 4.79 Å². The summed E-state index contributed by atoms with van der Waals surface area (Å²) in [5.41, 5.74) is 14.9. The highest BCUT2D eigenvalue weighted by molar-refractivity contribution is 6.01. The molecular formula is C22H25N5O3. The number of carbonyl (C=O) groups excluding carboxylic acids is 1. The van der Waals surface area contributed by atoms with Gasteiger partial charge in [-0.2, -0.15) is 0 Å². The molecule has 1 aromatic carbocycles. The summed E-state index contributed by atoms with van der Waals surface area (Å²) in [5.74, 6) is -0.346. The fourth-order valence-electron chi connectivity index (χ4n) is 3.72. The van der Waals surface area contributed by atoms with Crippen molar-refractivity contribution in [2.45, 2.75) is 32.1 Å². The van der Waals surface area contributed by atoms with Crippen molar-refractivity contribution in [3.8, 4) is 22.6 Å². The van der Waals surface area contributed by atoms with E-state index >= 15 is 0 Å². The first kappa shape index (κ1) is 20.1. The summed E-state index contributed by atoms with van der Waals surface area (Å²) in [6.07, 6.45) is 4.45. The molecule has 3 heterocycles. The highest BCUT2D eigenvalue weighted by atomic mass is 16.7. The van der Waals surface area contributed by atoms with Crippen molar-refractivity contribution in [1.82, 2.24) is 14.5 Å². The minimum absolute atomic E-state index is 0.161. The molecule has 30 heavy (non-hydrogen) atoms. The van der Waals surface area contributed by atoms with Crippen LogP contribution in [0.4, 0.5) is 5.95 Å². The molecule has 4 N–H and O–H groups in total. The summed E-state index contributed by atoms with van der Waals surface area (Å²) >= 11 is 0. The summed E-state index contributed by atoms with van der Waals surface area (Å²) in [7, 11) is 0. The number of nitrogen functional groups attached to an aromatic ring is 1. The first-order valence-corrected chi connectivity index (χ1v) is 10.0. The number of anilines is 1. The van der Waals surface area contributed by atoms with E-state index in [9.17, 15) is 4.79 Å². The lowest BCUT2D eigenvalue weighted by Gasteiger charge is -2.23. The molecule has 8 nitrogen and oxygen atoms in total. The van der Waals surface area contributed by atoms with Crippen LogP contribution in [0.5, 0.6) is 0 Å². The van der Waals surface area contributed by atoms with Gasteiger partial charge in [0.15, 0.2) is 6.29 Å². The molecule has 1 atom stereocenters. The van der Waals surface area contributed by atoms with Crippen molar-refractivity contribution in [3.63, 3.8) is 0 Å². The van der Waals surface area contributed by atoms with Gasteiger partial charge in [0.1, 0.15) is 0 Å². The third-order valence-corrected chi connectivity index (χ3v) is 5.10. The van der Waals surface area contributed by atoms with Crippen molar-refractivity contribution < 1.29 is 14.3 Å². The van der Waals surface area contributed by atoms with E-state index in [1.54, 1.807) is 18.3 Å². The number of rotatable bonds is 7. The van der Waals surface area contributed by atoms with Crippen LogP contribution in [0.15, 0.2) is 48.7 Å². The molecule has 1 fully saturated rings. The van der Waals surface area contributed by atoms with Crippen molar-refractivity contribution in [1.29, 1.82) is 0 Å². The summed E-state index contributed by atoms with van der Waals surface area (Å²) < 4.78 is 13.6. The Labute approximate surface area is 174 Å². The van der Waals surface area contributed by atoms with Crippen LogP contribution in [0.3, 0.4) is 0 Å². The molecular weight excluding hydrogens is 382 g/mol. The van der Waals surface area contributed by atoms with Gasteiger partial charge in [-0.25, -0.2) is 9.97 Å². The molecule has 0 bridgehead atoms. The van der Waals surface area contributed by atoms with Crippen LogP contribution >= 0.6 is 0 Å². The lowest BCUT2D eigenvalue weighted by Crippen LogP contribution is -2.24. The van der Waals surface area contributed by atoms with Gasteiger partial charge in [-0.05, 0) is 37.0 Å². The van der Waals surface area contributed by atoms with Crippen molar-refractivity contribution >= 4 is 11.9 Å². The number of primary amides is 1. The normalized spacial score (nSPS) is 16.5. The van der Waals surface area contributed by atoms with E-state index in [-0.39, 0.29) is 12.2 Å². The number of nitrogens with two attached hydrogens (primary N) is 2. The molecule has 0 saturated carbocycles. The van der Waals surface area contributed by atoms with Crippen LogP contribution in [0, 0.1) is 0 Å². The van der Waals surface area contributed by atoms with Crippen molar-refractivity contribution in [2.24, 2.45) is 5.73 Å². The van der Waals surface area contributed by atoms with Gasteiger partial charge >= 0.3 is 0 Å². The summed E-state index contributed by atoms with van der Waals surface area (Å²) in [5, 5.41) is 0. The Morgan fingerprint density at radius 2 is 2.07 bits per heavy atom. The van der Waals surface area contributed by atoms with E-state index in [2.05, 4.69) is 9.97 Å².